The fourth-order valence-electron chi connectivity index (χ4n) is 3.65. The van der Waals surface area contributed by atoms with Crippen molar-refractivity contribution in [2.75, 3.05) is 6.61 Å². The van der Waals surface area contributed by atoms with Crippen LogP contribution in [-0.4, -0.2) is 126 Å². The first-order chi connectivity index (χ1) is 13.1. The standard InChI is InChI=1S/C15H22O13/c16-2-4-7(20)8(21)9(22)14(26-4)28-15-5(18)1-3(17)6(19)10(11(15)23)27-13(25)12(15)24/h3-4,7-14,16-17,20-25H,1-2H2/t3?,4-,7-,8+,9-,10-,11-,12+,13?,14?,15+/m1/s1. The van der Waals surface area contributed by atoms with Crippen molar-refractivity contribution in [2.24, 2.45) is 0 Å². The van der Waals surface area contributed by atoms with Gasteiger partial charge >= 0.3 is 0 Å². The average molecular weight is 410 g/mol. The van der Waals surface area contributed by atoms with Gasteiger partial charge in [0.1, 0.15) is 42.7 Å². The maximum absolute atomic E-state index is 12.7. The molecule has 2 heterocycles. The number of fused-ring (bicyclic) bond motifs is 2. The van der Waals surface area contributed by atoms with Crippen molar-refractivity contribution in [3.8, 4) is 0 Å². The van der Waals surface area contributed by atoms with Gasteiger partial charge in [0.25, 0.3) is 0 Å². The monoisotopic (exact) mass is 410 g/mol. The molecule has 1 aliphatic carbocycles. The van der Waals surface area contributed by atoms with E-state index in [0.29, 0.717) is 0 Å². The highest BCUT2D eigenvalue weighted by molar-refractivity contribution is 6.00. The fraction of sp³-hybridized carbons (Fsp3) is 0.867. The summed E-state index contributed by atoms with van der Waals surface area (Å²) in [7, 11) is 0. The van der Waals surface area contributed by atoms with E-state index in [1.807, 2.05) is 0 Å². The van der Waals surface area contributed by atoms with Crippen LogP contribution in [0.3, 0.4) is 0 Å². The lowest BCUT2D eigenvalue weighted by Gasteiger charge is -2.50. The van der Waals surface area contributed by atoms with Gasteiger partial charge in [0.2, 0.25) is 0 Å². The third kappa shape index (κ3) is 3.09. The Balaban J connectivity index is 2.00. The zero-order valence-corrected chi connectivity index (χ0v) is 14.3. The highest BCUT2D eigenvalue weighted by Gasteiger charge is 2.67. The van der Waals surface area contributed by atoms with Crippen LogP contribution in [0.4, 0.5) is 0 Å². The van der Waals surface area contributed by atoms with Gasteiger partial charge in [-0.15, -0.1) is 0 Å². The molecule has 3 unspecified atom stereocenters. The van der Waals surface area contributed by atoms with Gasteiger partial charge in [-0.3, -0.25) is 9.59 Å². The van der Waals surface area contributed by atoms with Gasteiger partial charge in [-0.05, 0) is 0 Å². The lowest BCUT2D eigenvalue weighted by molar-refractivity contribution is -0.371. The first-order valence-corrected chi connectivity index (χ1v) is 8.49. The van der Waals surface area contributed by atoms with Gasteiger partial charge in [0.15, 0.2) is 35.9 Å². The van der Waals surface area contributed by atoms with Crippen molar-refractivity contribution < 1.29 is 64.7 Å². The van der Waals surface area contributed by atoms with Gasteiger partial charge < -0.3 is 55.1 Å². The van der Waals surface area contributed by atoms with Crippen LogP contribution in [0.2, 0.25) is 0 Å². The average Bonchev–Trinajstić information content (AvgIpc) is 2.70. The fourth-order valence-corrected chi connectivity index (χ4v) is 3.65. The van der Waals surface area contributed by atoms with Gasteiger partial charge in [-0.1, -0.05) is 0 Å². The molecular formula is C15H22O13. The van der Waals surface area contributed by atoms with Crippen LogP contribution in [-0.2, 0) is 23.8 Å². The third-order valence-corrected chi connectivity index (χ3v) is 5.30. The van der Waals surface area contributed by atoms with Crippen molar-refractivity contribution in [3.63, 3.8) is 0 Å². The Morgan fingerprint density at radius 2 is 1.57 bits per heavy atom. The molecule has 13 heteroatoms. The zero-order valence-electron chi connectivity index (χ0n) is 14.3. The van der Waals surface area contributed by atoms with Crippen LogP contribution in [0, 0.1) is 0 Å². The molecule has 2 saturated heterocycles. The molecule has 3 fully saturated rings. The first-order valence-electron chi connectivity index (χ1n) is 8.49. The van der Waals surface area contributed by atoms with E-state index in [2.05, 4.69) is 0 Å². The van der Waals surface area contributed by atoms with E-state index >= 15 is 0 Å². The maximum atomic E-state index is 12.7. The van der Waals surface area contributed by atoms with Crippen molar-refractivity contribution in [3.05, 3.63) is 0 Å². The predicted octanol–water partition coefficient (Wildman–Crippen LogP) is -6.12. The number of hydrogen-bond donors (Lipinski definition) is 8. The van der Waals surface area contributed by atoms with Crippen LogP contribution in [0.15, 0.2) is 0 Å². The van der Waals surface area contributed by atoms with Crippen LogP contribution in [0.5, 0.6) is 0 Å². The second kappa shape index (κ2) is 7.62. The lowest BCUT2D eigenvalue weighted by Crippen LogP contribution is -2.73. The van der Waals surface area contributed by atoms with Gasteiger partial charge in [-0.25, -0.2) is 0 Å². The van der Waals surface area contributed by atoms with Crippen molar-refractivity contribution in [1.82, 2.24) is 0 Å². The van der Waals surface area contributed by atoms with E-state index in [1.54, 1.807) is 0 Å². The molecule has 0 aromatic heterocycles. The number of ether oxygens (including phenoxy) is 3. The molecule has 160 valence electrons. The summed E-state index contributed by atoms with van der Waals surface area (Å²) in [5, 5.41) is 79.7. The highest BCUT2D eigenvalue weighted by Crippen LogP contribution is 2.40. The Bertz CT molecular complexity index is 625. The lowest BCUT2D eigenvalue weighted by atomic mass is 9.80. The molecule has 3 aliphatic rings. The number of Topliss-reactive ketones (excluding diaryl/α,β-unsaturated/α-hetero) is 2. The predicted molar refractivity (Wildman–Crippen MR) is 81.1 cm³/mol. The molecule has 1 saturated carbocycles. The molecule has 3 rings (SSSR count). The molecule has 0 aromatic carbocycles. The zero-order chi connectivity index (χ0) is 21.0. The number of aliphatic hydroxyl groups is 8. The largest absolute Gasteiger partial charge is 0.394 e. The quantitative estimate of drug-likeness (QED) is 0.217. The minimum Gasteiger partial charge on any atom is -0.394 e. The second-order valence-corrected chi connectivity index (χ2v) is 6.99. The Labute approximate surface area is 157 Å². The minimum atomic E-state index is -2.77. The Hall–Kier alpha value is -1.10. The smallest absolute Gasteiger partial charge is 0.193 e. The number of rotatable bonds is 3. The molecular weight excluding hydrogens is 388 g/mol. The Kier molecular flexibility index (Phi) is 5.88. The summed E-state index contributed by atoms with van der Waals surface area (Å²) in [5.74, 6) is -2.33. The van der Waals surface area contributed by atoms with Gasteiger partial charge in [0.05, 0.1) is 6.61 Å². The number of ketones is 2. The number of hydrogen-bond acceptors (Lipinski definition) is 13. The van der Waals surface area contributed by atoms with Crippen LogP contribution < -0.4 is 0 Å². The molecule has 28 heavy (non-hydrogen) atoms. The summed E-state index contributed by atoms with van der Waals surface area (Å²) in [6.45, 7) is -0.817. The molecule has 13 nitrogen and oxygen atoms in total. The summed E-state index contributed by atoms with van der Waals surface area (Å²) < 4.78 is 15.2. The molecule has 8 N–H and O–H groups in total. The summed E-state index contributed by atoms with van der Waals surface area (Å²) >= 11 is 0. The van der Waals surface area contributed by atoms with Crippen LogP contribution >= 0.6 is 0 Å². The molecule has 2 bridgehead atoms. The Morgan fingerprint density at radius 1 is 0.929 bits per heavy atom. The summed E-state index contributed by atoms with van der Waals surface area (Å²) in [6, 6.07) is 0. The summed E-state index contributed by atoms with van der Waals surface area (Å²) in [6.07, 6.45) is -20.5. The minimum absolute atomic E-state index is 0.817. The van der Waals surface area contributed by atoms with E-state index in [9.17, 15) is 50.4 Å². The second-order valence-electron chi connectivity index (χ2n) is 6.99. The number of carbonyl (C=O) groups excluding carboxylic acids is 2. The topological polar surface area (TPSA) is 224 Å². The van der Waals surface area contributed by atoms with E-state index in [-0.39, 0.29) is 0 Å². The number of aliphatic hydroxyl groups excluding tert-OH is 8. The van der Waals surface area contributed by atoms with Gasteiger partial charge in [-0.2, -0.15) is 0 Å². The molecule has 0 aromatic rings. The molecule has 2 aliphatic heterocycles. The molecule has 0 radical (unpaired) electrons. The van der Waals surface area contributed by atoms with E-state index in [1.165, 1.54) is 0 Å². The van der Waals surface area contributed by atoms with Crippen molar-refractivity contribution >= 4 is 11.6 Å². The Morgan fingerprint density at radius 3 is 2.18 bits per heavy atom. The third-order valence-electron chi connectivity index (χ3n) is 5.30. The highest BCUT2D eigenvalue weighted by atomic mass is 16.7. The van der Waals surface area contributed by atoms with E-state index in [4.69, 9.17) is 14.2 Å². The van der Waals surface area contributed by atoms with Crippen LogP contribution in [0.1, 0.15) is 6.42 Å². The first kappa shape index (κ1) is 21.6. The van der Waals surface area contributed by atoms with E-state index < -0.39 is 91.6 Å². The van der Waals surface area contributed by atoms with Gasteiger partial charge in [0, 0.05) is 6.42 Å². The molecule has 11 atom stereocenters. The normalized spacial score (nSPS) is 52.4. The van der Waals surface area contributed by atoms with E-state index in [0.717, 1.165) is 0 Å². The number of carbonyl (C=O) groups is 2. The van der Waals surface area contributed by atoms with Crippen molar-refractivity contribution in [1.29, 1.82) is 0 Å². The van der Waals surface area contributed by atoms with Crippen LogP contribution in [0.25, 0.3) is 0 Å². The maximum Gasteiger partial charge on any atom is 0.193 e. The molecule has 0 amide bonds. The summed E-state index contributed by atoms with van der Waals surface area (Å²) in [4.78, 5) is 24.9. The van der Waals surface area contributed by atoms with Crippen molar-refractivity contribution in [2.45, 2.75) is 73.4 Å². The summed E-state index contributed by atoms with van der Waals surface area (Å²) in [5.41, 5.74) is -2.77. The SMILES string of the molecule is O=C1C(O)CC(=O)[C@]2(OC3O[C@H](CO)[C@@H](O)[C@H](O)[C@H]3O)[C@H](O)[C@@H]1OC(O)[C@@H]2O. The molecule has 0 spiro atoms.